The highest BCUT2D eigenvalue weighted by Crippen LogP contribution is 2.37. The van der Waals surface area contributed by atoms with Crippen LogP contribution in [0.5, 0.6) is 0 Å². The maximum absolute atomic E-state index is 13.2. The first-order chi connectivity index (χ1) is 8.27. The van der Waals surface area contributed by atoms with E-state index in [9.17, 15) is 27.7 Å². The molecule has 0 aliphatic carbocycles. The first-order valence-corrected chi connectivity index (χ1v) is 4.43. The zero-order valence-corrected chi connectivity index (χ0v) is 8.58. The Morgan fingerprint density at radius 2 is 2.06 bits per heavy atom. The Bertz CT molecular complexity index is 522. The summed E-state index contributed by atoms with van der Waals surface area (Å²) in [5, 5.41) is 21.0. The van der Waals surface area contributed by atoms with Crippen LogP contribution in [0, 0.1) is 27.3 Å². The van der Waals surface area contributed by atoms with Crippen molar-refractivity contribution in [2.24, 2.45) is 0 Å². The van der Waals surface area contributed by atoms with Gasteiger partial charge in [0.1, 0.15) is 18.0 Å². The van der Waals surface area contributed by atoms with Crippen molar-refractivity contribution in [3.05, 3.63) is 33.6 Å². The van der Waals surface area contributed by atoms with Crippen molar-refractivity contribution in [3.63, 3.8) is 0 Å². The summed E-state index contributed by atoms with van der Waals surface area (Å²) in [6.07, 6.45) is -5.03. The second kappa shape index (κ2) is 4.87. The maximum Gasteiger partial charge on any atom is 0.419 e. The van der Waals surface area contributed by atoms with Crippen LogP contribution in [0.3, 0.4) is 0 Å². The summed E-state index contributed by atoms with van der Waals surface area (Å²) in [4.78, 5) is 9.48. The molecule has 0 unspecified atom stereocenters. The molecule has 18 heavy (non-hydrogen) atoms. The van der Waals surface area contributed by atoms with Gasteiger partial charge in [-0.1, -0.05) is 0 Å². The fourth-order valence-electron chi connectivity index (χ4n) is 1.21. The summed E-state index contributed by atoms with van der Waals surface area (Å²) in [5.74, 6) is -1.64. The van der Waals surface area contributed by atoms with Crippen molar-refractivity contribution in [2.75, 3.05) is 11.9 Å². The number of benzene rings is 1. The SMILES string of the molecule is N#CCNc1cc(F)c(C(F)(F)F)cc1[N+](=O)[O-]. The highest BCUT2D eigenvalue weighted by Gasteiger charge is 2.36. The minimum absolute atomic E-state index is 0.0923. The molecule has 1 aromatic rings. The Kier molecular flexibility index (Phi) is 3.70. The summed E-state index contributed by atoms with van der Waals surface area (Å²) >= 11 is 0. The van der Waals surface area contributed by atoms with Gasteiger partial charge in [-0.05, 0) is 0 Å². The normalized spacial score (nSPS) is 10.8. The number of rotatable bonds is 3. The zero-order chi connectivity index (χ0) is 13.9. The molecule has 0 heterocycles. The molecule has 0 aliphatic heterocycles. The number of nitriles is 1. The Morgan fingerprint density at radius 1 is 1.44 bits per heavy atom. The van der Waals surface area contributed by atoms with Crippen LogP contribution in [-0.2, 0) is 6.18 Å². The Labute approximate surface area is 97.8 Å². The zero-order valence-electron chi connectivity index (χ0n) is 8.58. The largest absolute Gasteiger partial charge is 0.419 e. The molecule has 0 saturated carbocycles. The van der Waals surface area contributed by atoms with Gasteiger partial charge in [-0.25, -0.2) is 4.39 Å². The maximum atomic E-state index is 13.2. The molecular formula is C9H5F4N3O2. The van der Waals surface area contributed by atoms with Crippen LogP contribution in [0.25, 0.3) is 0 Å². The third-order valence-corrected chi connectivity index (χ3v) is 1.95. The summed E-state index contributed by atoms with van der Waals surface area (Å²) in [7, 11) is 0. The van der Waals surface area contributed by atoms with Gasteiger partial charge in [-0.15, -0.1) is 0 Å². The van der Waals surface area contributed by atoms with Gasteiger partial charge >= 0.3 is 6.18 Å². The van der Waals surface area contributed by atoms with Crippen LogP contribution < -0.4 is 5.32 Å². The van der Waals surface area contributed by atoms with Gasteiger partial charge in [-0.2, -0.15) is 18.4 Å². The number of anilines is 1. The van der Waals surface area contributed by atoms with Crippen LogP contribution >= 0.6 is 0 Å². The predicted molar refractivity (Wildman–Crippen MR) is 52.2 cm³/mol. The molecule has 0 saturated heterocycles. The molecule has 9 heteroatoms. The van der Waals surface area contributed by atoms with Crippen LogP contribution in [-0.4, -0.2) is 11.5 Å². The van der Waals surface area contributed by atoms with Crippen LogP contribution in [0.1, 0.15) is 5.56 Å². The molecule has 0 spiro atoms. The van der Waals surface area contributed by atoms with E-state index in [2.05, 4.69) is 5.32 Å². The highest BCUT2D eigenvalue weighted by atomic mass is 19.4. The van der Waals surface area contributed by atoms with Crippen molar-refractivity contribution in [2.45, 2.75) is 6.18 Å². The Morgan fingerprint density at radius 3 is 2.50 bits per heavy atom. The van der Waals surface area contributed by atoms with Crippen LogP contribution in [0.4, 0.5) is 28.9 Å². The molecule has 0 bridgehead atoms. The minimum Gasteiger partial charge on any atom is -0.367 e. The number of hydrogen-bond acceptors (Lipinski definition) is 4. The number of nitrogens with zero attached hydrogens (tertiary/aromatic N) is 2. The van der Waals surface area contributed by atoms with Gasteiger partial charge in [0.15, 0.2) is 0 Å². The van der Waals surface area contributed by atoms with E-state index in [0.717, 1.165) is 0 Å². The summed E-state index contributed by atoms with van der Waals surface area (Å²) < 4.78 is 50.2. The van der Waals surface area contributed by atoms with E-state index < -0.39 is 40.4 Å². The van der Waals surface area contributed by atoms with E-state index in [-0.39, 0.29) is 6.07 Å². The number of hydrogen-bond donors (Lipinski definition) is 1. The molecule has 0 radical (unpaired) electrons. The number of nitro benzene ring substituents is 1. The molecule has 1 rings (SSSR count). The predicted octanol–water partition coefficient (Wildman–Crippen LogP) is 2.69. The number of alkyl halides is 3. The van der Waals surface area contributed by atoms with Crippen LogP contribution in [0.2, 0.25) is 0 Å². The van der Waals surface area contributed by atoms with Crippen molar-refractivity contribution >= 4 is 11.4 Å². The lowest BCUT2D eigenvalue weighted by molar-refractivity contribution is -0.384. The Balaban J connectivity index is 3.35. The number of nitro groups is 1. The fourth-order valence-corrected chi connectivity index (χ4v) is 1.21. The second-order valence-corrected chi connectivity index (χ2v) is 3.12. The third-order valence-electron chi connectivity index (χ3n) is 1.95. The van der Waals surface area contributed by atoms with E-state index in [1.54, 1.807) is 6.07 Å². The van der Waals surface area contributed by atoms with Crippen molar-refractivity contribution in [1.29, 1.82) is 5.26 Å². The lowest BCUT2D eigenvalue weighted by Gasteiger charge is -2.10. The molecule has 1 aromatic carbocycles. The van der Waals surface area contributed by atoms with E-state index in [1.807, 2.05) is 0 Å². The monoisotopic (exact) mass is 263 g/mol. The molecule has 0 atom stereocenters. The molecule has 0 aromatic heterocycles. The summed E-state index contributed by atoms with van der Waals surface area (Å²) in [6.45, 7) is -0.397. The van der Waals surface area contributed by atoms with Gasteiger partial charge < -0.3 is 5.32 Å². The van der Waals surface area contributed by atoms with Gasteiger partial charge in [0.25, 0.3) is 5.69 Å². The van der Waals surface area contributed by atoms with Gasteiger partial charge in [0, 0.05) is 12.1 Å². The minimum atomic E-state index is -5.03. The van der Waals surface area contributed by atoms with Crippen molar-refractivity contribution in [3.8, 4) is 6.07 Å². The molecule has 0 amide bonds. The lowest BCUT2D eigenvalue weighted by atomic mass is 10.1. The average molecular weight is 263 g/mol. The van der Waals surface area contributed by atoms with E-state index in [1.165, 1.54) is 0 Å². The number of halogens is 4. The topological polar surface area (TPSA) is 79.0 Å². The van der Waals surface area contributed by atoms with Gasteiger partial charge in [0.05, 0.1) is 16.6 Å². The van der Waals surface area contributed by atoms with Crippen molar-refractivity contribution in [1.82, 2.24) is 0 Å². The van der Waals surface area contributed by atoms with Crippen LogP contribution in [0.15, 0.2) is 12.1 Å². The average Bonchev–Trinajstić information content (AvgIpc) is 2.23. The molecule has 1 N–H and O–H groups in total. The standard InChI is InChI=1S/C9H5F4N3O2/c10-6-4-7(15-2-1-14)8(16(17)18)3-5(6)9(11,12)13/h3-4,15H,2H2. The smallest absolute Gasteiger partial charge is 0.367 e. The lowest BCUT2D eigenvalue weighted by Crippen LogP contribution is -2.11. The summed E-state index contributed by atoms with van der Waals surface area (Å²) in [6, 6.07) is 2.01. The van der Waals surface area contributed by atoms with Gasteiger partial charge in [-0.3, -0.25) is 10.1 Å². The van der Waals surface area contributed by atoms with Crippen molar-refractivity contribution < 1.29 is 22.5 Å². The number of nitrogens with one attached hydrogen (secondary N) is 1. The van der Waals surface area contributed by atoms with Gasteiger partial charge in [0.2, 0.25) is 0 Å². The first kappa shape index (κ1) is 13.7. The Hall–Kier alpha value is -2.37. The molecular weight excluding hydrogens is 258 g/mol. The highest BCUT2D eigenvalue weighted by molar-refractivity contribution is 5.63. The van der Waals surface area contributed by atoms with E-state index in [0.29, 0.717) is 6.07 Å². The molecule has 0 aliphatic rings. The fraction of sp³-hybridized carbons (Fsp3) is 0.222. The summed E-state index contributed by atoms with van der Waals surface area (Å²) in [5.41, 5.74) is -3.15. The molecule has 5 nitrogen and oxygen atoms in total. The second-order valence-electron chi connectivity index (χ2n) is 3.12. The third kappa shape index (κ3) is 2.85. The van der Waals surface area contributed by atoms with E-state index >= 15 is 0 Å². The van der Waals surface area contributed by atoms with E-state index in [4.69, 9.17) is 5.26 Å². The molecule has 0 fully saturated rings. The quantitative estimate of drug-likeness (QED) is 0.393. The first-order valence-electron chi connectivity index (χ1n) is 4.43. The molecule has 96 valence electrons.